The molecule has 0 aliphatic heterocycles. The number of nitrogens with one attached hydrogen (secondary N) is 1. The number of esters is 1. The van der Waals surface area contributed by atoms with E-state index in [2.05, 4.69) is 27.9 Å². The van der Waals surface area contributed by atoms with Gasteiger partial charge in [0.05, 0.1) is 7.11 Å². The molecule has 22 heavy (non-hydrogen) atoms. The van der Waals surface area contributed by atoms with Crippen LogP contribution in [0.15, 0.2) is 70.6 Å². The predicted molar refractivity (Wildman–Crippen MR) is 89.9 cm³/mol. The molecule has 0 bridgehead atoms. The normalized spacial score (nSPS) is 11.1. The Kier molecular flexibility index (Phi) is 4.30. The molecule has 0 saturated heterocycles. The first kappa shape index (κ1) is 14.5. The van der Waals surface area contributed by atoms with Crippen molar-refractivity contribution < 1.29 is 9.53 Å². The highest BCUT2D eigenvalue weighted by Gasteiger charge is 2.05. The first-order chi connectivity index (χ1) is 10.8. The van der Waals surface area contributed by atoms with Crippen molar-refractivity contribution in [1.82, 2.24) is 4.98 Å². The van der Waals surface area contributed by atoms with Gasteiger partial charge in [-0.2, -0.15) is 0 Å². The van der Waals surface area contributed by atoms with Gasteiger partial charge in [-0.15, -0.1) is 0 Å². The lowest BCUT2D eigenvalue weighted by Gasteiger charge is -2.00. The van der Waals surface area contributed by atoms with Crippen LogP contribution in [0.2, 0.25) is 0 Å². The fourth-order valence-corrected chi connectivity index (χ4v) is 3.11. The van der Waals surface area contributed by atoms with E-state index in [0.717, 1.165) is 11.1 Å². The smallest absolute Gasteiger partial charge is 0.330 e. The van der Waals surface area contributed by atoms with E-state index in [1.807, 2.05) is 36.5 Å². The average molecular weight is 309 g/mol. The Labute approximate surface area is 133 Å². The van der Waals surface area contributed by atoms with E-state index in [-0.39, 0.29) is 5.97 Å². The van der Waals surface area contributed by atoms with Crippen LogP contribution in [0.3, 0.4) is 0 Å². The maximum atomic E-state index is 11.1. The Balaban J connectivity index is 1.86. The monoisotopic (exact) mass is 309 g/mol. The molecule has 0 aliphatic rings. The number of aromatic amines is 1. The van der Waals surface area contributed by atoms with Gasteiger partial charge in [0.2, 0.25) is 0 Å². The van der Waals surface area contributed by atoms with Gasteiger partial charge in [0.25, 0.3) is 0 Å². The molecule has 0 fully saturated rings. The zero-order valence-electron chi connectivity index (χ0n) is 12.1. The van der Waals surface area contributed by atoms with Crippen LogP contribution in [0.4, 0.5) is 0 Å². The van der Waals surface area contributed by atoms with Crippen LogP contribution >= 0.6 is 11.8 Å². The number of H-pyrrole nitrogens is 1. The van der Waals surface area contributed by atoms with Crippen molar-refractivity contribution in [3.05, 3.63) is 66.4 Å². The van der Waals surface area contributed by atoms with Crippen molar-refractivity contribution in [2.75, 3.05) is 7.11 Å². The van der Waals surface area contributed by atoms with E-state index >= 15 is 0 Å². The molecule has 4 heteroatoms. The van der Waals surface area contributed by atoms with E-state index in [1.54, 1.807) is 17.8 Å². The summed E-state index contributed by atoms with van der Waals surface area (Å²) < 4.78 is 4.59. The van der Waals surface area contributed by atoms with E-state index in [0.29, 0.717) is 0 Å². The molecule has 0 amide bonds. The molecule has 0 spiro atoms. The number of hydrogen-bond acceptors (Lipinski definition) is 3. The Hall–Kier alpha value is -2.46. The number of benzene rings is 2. The van der Waals surface area contributed by atoms with E-state index < -0.39 is 0 Å². The molecule has 1 aromatic heterocycles. The highest BCUT2D eigenvalue weighted by atomic mass is 32.2. The number of fused-ring (bicyclic) bond motifs is 1. The molecule has 1 heterocycles. The minimum absolute atomic E-state index is 0.355. The lowest BCUT2D eigenvalue weighted by molar-refractivity contribution is -0.134. The molecular weight excluding hydrogens is 294 g/mol. The number of carbonyl (C=O) groups is 1. The lowest BCUT2D eigenvalue weighted by atomic mass is 10.1. The van der Waals surface area contributed by atoms with Crippen LogP contribution in [0.5, 0.6) is 0 Å². The van der Waals surface area contributed by atoms with Crippen LogP contribution < -0.4 is 0 Å². The number of methoxy groups -OCH3 is 1. The summed E-state index contributed by atoms with van der Waals surface area (Å²) in [5, 5.41) is 1.17. The van der Waals surface area contributed by atoms with Crippen LogP contribution in [0.25, 0.3) is 17.0 Å². The molecule has 0 radical (unpaired) electrons. The fraction of sp³-hybridized carbons (Fsp3) is 0.0556. The van der Waals surface area contributed by atoms with Crippen molar-refractivity contribution in [3.8, 4) is 0 Å². The molecule has 0 unspecified atom stereocenters. The third-order valence-electron chi connectivity index (χ3n) is 3.25. The summed E-state index contributed by atoms with van der Waals surface area (Å²) in [7, 11) is 1.37. The highest BCUT2D eigenvalue weighted by Crippen LogP contribution is 2.33. The zero-order valence-corrected chi connectivity index (χ0v) is 12.9. The van der Waals surface area contributed by atoms with Crippen molar-refractivity contribution in [1.29, 1.82) is 0 Å². The Morgan fingerprint density at radius 1 is 1.18 bits per heavy atom. The van der Waals surface area contributed by atoms with Crippen LogP contribution in [0, 0.1) is 0 Å². The van der Waals surface area contributed by atoms with Crippen LogP contribution in [0.1, 0.15) is 5.56 Å². The first-order valence-corrected chi connectivity index (χ1v) is 7.68. The molecule has 0 aliphatic carbocycles. The molecule has 0 saturated carbocycles. The molecular formula is C18H15NO2S. The van der Waals surface area contributed by atoms with Crippen molar-refractivity contribution in [2.45, 2.75) is 9.79 Å². The number of rotatable bonds is 4. The number of ether oxygens (including phenoxy) is 1. The standard InChI is InChI=1S/C18H15NO2S/c1-21-18(20)10-8-13-7-9-15-16(11-13)19-12-17(15)22-14-5-3-2-4-6-14/h2-12,19H,1H3/b10-8+. The van der Waals surface area contributed by atoms with Gasteiger partial charge in [-0.1, -0.05) is 42.1 Å². The van der Waals surface area contributed by atoms with E-state index in [1.165, 1.54) is 28.4 Å². The molecule has 3 nitrogen and oxygen atoms in total. The van der Waals surface area contributed by atoms with Crippen molar-refractivity contribution >= 4 is 34.7 Å². The van der Waals surface area contributed by atoms with Gasteiger partial charge in [0.15, 0.2) is 0 Å². The maximum absolute atomic E-state index is 11.1. The highest BCUT2D eigenvalue weighted by molar-refractivity contribution is 7.99. The van der Waals surface area contributed by atoms with Crippen LogP contribution in [-0.2, 0) is 9.53 Å². The zero-order chi connectivity index (χ0) is 15.4. The van der Waals surface area contributed by atoms with Gasteiger partial charge < -0.3 is 9.72 Å². The summed E-state index contributed by atoms with van der Waals surface area (Å²) in [6.45, 7) is 0. The van der Waals surface area contributed by atoms with E-state index in [9.17, 15) is 4.79 Å². The summed E-state index contributed by atoms with van der Waals surface area (Å²) in [6.07, 6.45) is 5.18. The summed E-state index contributed by atoms with van der Waals surface area (Å²) in [4.78, 5) is 16.8. The SMILES string of the molecule is COC(=O)/C=C/c1ccc2c(Sc3ccccc3)c[nH]c2c1. The quantitative estimate of drug-likeness (QED) is 0.569. The third kappa shape index (κ3) is 3.23. The van der Waals surface area contributed by atoms with Crippen LogP contribution in [-0.4, -0.2) is 18.1 Å². The maximum Gasteiger partial charge on any atom is 0.330 e. The third-order valence-corrected chi connectivity index (χ3v) is 4.32. The minimum Gasteiger partial charge on any atom is -0.466 e. The van der Waals surface area contributed by atoms with Crippen molar-refractivity contribution in [2.24, 2.45) is 0 Å². The fourth-order valence-electron chi connectivity index (χ4n) is 2.15. The summed E-state index contributed by atoms with van der Waals surface area (Å²) in [5.41, 5.74) is 2.00. The molecule has 3 aromatic rings. The van der Waals surface area contributed by atoms with Gasteiger partial charge in [0, 0.05) is 33.0 Å². The molecule has 0 atom stereocenters. The summed E-state index contributed by atoms with van der Waals surface area (Å²) >= 11 is 1.73. The average Bonchev–Trinajstić information content (AvgIpc) is 2.96. The van der Waals surface area contributed by atoms with Crippen molar-refractivity contribution in [3.63, 3.8) is 0 Å². The minimum atomic E-state index is -0.355. The Morgan fingerprint density at radius 2 is 2.00 bits per heavy atom. The predicted octanol–water partition coefficient (Wildman–Crippen LogP) is 4.51. The largest absolute Gasteiger partial charge is 0.466 e. The summed E-state index contributed by atoms with van der Waals surface area (Å²) in [6, 6.07) is 16.3. The Morgan fingerprint density at radius 3 is 2.77 bits per heavy atom. The first-order valence-electron chi connectivity index (χ1n) is 6.86. The van der Waals surface area contributed by atoms with Gasteiger partial charge in [0.1, 0.15) is 0 Å². The second-order valence-electron chi connectivity index (χ2n) is 4.73. The number of aromatic nitrogens is 1. The molecule has 110 valence electrons. The Bertz CT molecular complexity index is 821. The van der Waals surface area contributed by atoms with Gasteiger partial charge in [-0.05, 0) is 29.8 Å². The van der Waals surface area contributed by atoms with Gasteiger partial charge >= 0.3 is 5.97 Å². The van der Waals surface area contributed by atoms with E-state index in [4.69, 9.17) is 0 Å². The number of hydrogen-bond donors (Lipinski definition) is 1. The molecule has 1 N–H and O–H groups in total. The van der Waals surface area contributed by atoms with Gasteiger partial charge in [-0.3, -0.25) is 0 Å². The summed E-state index contributed by atoms with van der Waals surface area (Å²) in [5.74, 6) is -0.355. The molecule has 3 rings (SSSR count). The second kappa shape index (κ2) is 6.54. The van der Waals surface area contributed by atoms with Gasteiger partial charge in [-0.25, -0.2) is 4.79 Å². The topological polar surface area (TPSA) is 42.1 Å². The second-order valence-corrected chi connectivity index (χ2v) is 5.84. The molecule has 2 aromatic carbocycles. The lowest BCUT2D eigenvalue weighted by Crippen LogP contribution is -1.93. The number of carbonyl (C=O) groups excluding carboxylic acids is 1.